The fourth-order valence-electron chi connectivity index (χ4n) is 4.31. The van der Waals surface area contributed by atoms with Crippen molar-refractivity contribution in [2.24, 2.45) is 5.92 Å². The first kappa shape index (κ1) is 16.3. The van der Waals surface area contributed by atoms with Gasteiger partial charge in [0.15, 0.2) is 0 Å². The third-order valence-electron chi connectivity index (χ3n) is 5.60. The zero-order valence-electron chi connectivity index (χ0n) is 13.8. The molecular weight excluding hydrogens is 339 g/mol. The second-order valence-corrected chi connectivity index (χ2v) is 7.90. The van der Waals surface area contributed by atoms with E-state index in [1.54, 1.807) is 0 Å². The number of likely N-dealkylation sites (tertiary alicyclic amines) is 1. The summed E-state index contributed by atoms with van der Waals surface area (Å²) in [6.45, 7) is 2.32. The van der Waals surface area contributed by atoms with Crippen molar-refractivity contribution >= 4 is 29.3 Å². The molecule has 4 rings (SSSR count). The van der Waals surface area contributed by atoms with E-state index < -0.39 is 0 Å². The summed E-state index contributed by atoms with van der Waals surface area (Å²) in [5.41, 5.74) is 3.80. The minimum atomic E-state index is 0.231. The molecule has 126 valence electrons. The van der Waals surface area contributed by atoms with Crippen LogP contribution in [0.25, 0.3) is 6.08 Å². The summed E-state index contributed by atoms with van der Waals surface area (Å²) in [7, 11) is 2.21. The Labute approximate surface area is 153 Å². The van der Waals surface area contributed by atoms with Crippen molar-refractivity contribution in [2.75, 3.05) is 20.1 Å². The van der Waals surface area contributed by atoms with Gasteiger partial charge in [-0.1, -0.05) is 41.4 Å². The molecule has 1 aliphatic carbocycles. The molecule has 0 aromatic heterocycles. The highest BCUT2D eigenvalue weighted by Crippen LogP contribution is 2.43. The predicted molar refractivity (Wildman–Crippen MR) is 102 cm³/mol. The Kier molecular flexibility index (Phi) is 4.46. The second kappa shape index (κ2) is 6.59. The van der Waals surface area contributed by atoms with E-state index in [0.717, 1.165) is 23.1 Å². The highest BCUT2D eigenvalue weighted by molar-refractivity contribution is 6.32. The Morgan fingerprint density at radius 1 is 1.08 bits per heavy atom. The van der Waals surface area contributed by atoms with Crippen molar-refractivity contribution in [3.63, 3.8) is 0 Å². The summed E-state index contributed by atoms with van der Waals surface area (Å²) in [6, 6.07) is 6.54. The monoisotopic (exact) mass is 360 g/mol. The number of rotatable bonds is 1. The molecule has 2 nitrogen and oxygen atoms in total. The molecule has 2 aliphatic heterocycles. The van der Waals surface area contributed by atoms with Crippen molar-refractivity contribution in [3.05, 3.63) is 63.3 Å². The number of nitrogens with one attached hydrogen (secondary N) is 1. The molecule has 24 heavy (non-hydrogen) atoms. The van der Waals surface area contributed by atoms with Gasteiger partial charge in [0, 0.05) is 16.0 Å². The number of fused-ring (bicyclic) bond motifs is 2. The maximum atomic E-state index is 6.53. The van der Waals surface area contributed by atoms with Crippen LogP contribution < -0.4 is 5.32 Å². The maximum absolute atomic E-state index is 6.53. The van der Waals surface area contributed by atoms with Gasteiger partial charge in [0.2, 0.25) is 0 Å². The summed E-state index contributed by atoms with van der Waals surface area (Å²) in [5.74, 6) is 1.05. The van der Waals surface area contributed by atoms with Crippen LogP contribution in [0.15, 0.2) is 47.2 Å². The number of halogens is 2. The summed E-state index contributed by atoms with van der Waals surface area (Å²) in [5, 5.41) is 5.21. The summed E-state index contributed by atoms with van der Waals surface area (Å²) in [4.78, 5) is 2.42. The maximum Gasteiger partial charge on any atom is 0.0594 e. The van der Waals surface area contributed by atoms with Gasteiger partial charge in [-0.25, -0.2) is 0 Å². The van der Waals surface area contributed by atoms with Crippen LogP contribution in [0.4, 0.5) is 0 Å². The Bertz CT molecular complexity index is 727. The molecule has 0 saturated carbocycles. The van der Waals surface area contributed by atoms with Gasteiger partial charge in [-0.2, -0.15) is 0 Å². The van der Waals surface area contributed by atoms with Gasteiger partial charge in [0.05, 0.1) is 6.04 Å². The van der Waals surface area contributed by atoms with E-state index in [2.05, 4.69) is 41.5 Å². The van der Waals surface area contributed by atoms with Gasteiger partial charge in [0.1, 0.15) is 0 Å². The fourth-order valence-corrected chi connectivity index (χ4v) is 4.73. The lowest BCUT2D eigenvalue weighted by Crippen LogP contribution is -2.42. The molecule has 3 aliphatic rings. The van der Waals surface area contributed by atoms with Crippen LogP contribution in [0.5, 0.6) is 0 Å². The van der Waals surface area contributed by atoms with E-state index in [0.29, 0.717) is 11.8 Å². The summed E-state index contributed by atoms with van der Waals surface area (Å²) < 4.78 is 0. The molecule has 1 saturated heterocycles. The minimum Gasteiger partial charge on any atom is -0.383 e. The van der Waals surface area contributed by atoms with E-state index >= 15 is 0 Å². The third-order valence-corrected chi connectivity index (χ3v) is 6.18. The number of piperidine rings is 1. The van der Waals surface area contributed by atoms with Gasteiger partial charge < -0.3 is 10.2 Å². The second-order valence-electron chi connectivity index (χ2n) is 7.05. The standard InChI is InChI=1S/C20H22Cl2N2/c1-24-10-7-13(8-11-24)19-16-5-3-15(21)12-14(16)2-4-17-18(22)6-9-23-20(17)19/h2-6,9,12-13,19-20,23H,7-8,10-11H2,1H3. The lowest BCUT2D eigenvalue weighted by Gasteiger charge is -2.40. The first-order valence-electron chi connectivity index (χ1n) is 8.62. The zero-order chi connectivity index (χ0) is 16.7. The number of benzene rings is 1. The summed E-state index contributed by atoms with van der Waals surface area (Å²) >= 11 is 12.8. The molecule has 0 amide bonds. The van der Waals surface area contributed by atoms with Crippen LogP contribution in [0, 0.1) is 5.92 Å². The highest BCUT2D eigenvalue weighted by atomic mass is 35.5. The first-order chi connectivity index (χ1) is 11.6. The Hall–Kier alpha value is -1.22. The Morgan fingerprint density at radius 2 is 1.88 bits per heavy atom. The minimum absolute atomic E-state index is 0.231. The molecule has 0 bridgehead atoms. The Balaban J connectivity index is 1.81. The average Bonchev–Trinajstić information content (AvgIpc) is 2.73. The molecule has 2 unspecified atom stereocenters. The lowest BCUT2D eigenvalue weighted by atomic mass is 9.73. The largest absolute Gasteiger partial charge is 0.383 e. The Morgan fingerprint density at radius 3 is 2.67 bits per heavy atom. The highest BCUT2D eigenvalue weighted by Gasteiger charge is 2.37. The van der Waals surface area contributed by atoms with Crippen molar-refractivity contribution in [2.45, 2.75) is 24.8 Å². The number of dihydropyridines is 1. The molecule has 1 aromatic carbocycles. The molecule has 1 fully saturated rings. The molecule has 1 N–H and O–H groups in total. The van der Waals surface area contributed by atoms with Gasteiger partial charge in [-0.3, -0.25) is 0 Å². The van der Waals surface area contributed by atoms with Crippen LogP contribution in [0.2, 0.25) is 5.02 Å². The first-order valence-corrected chi connectivity index (χ1v) is 9.37. The van der Waals surface area contributed by atoms with E-state index in [4.69, 9.17) is 23.2 Å². The van der Waals surface area contributed by atoms with Crippen LogP contribution in [-0.4, -0.2) is 31.1 Å². The quantitative estimate of drug-likeness (QED) is 0.775. The van der Waals surface area contributed by atoms with Crippen LogP contribution in [0.3, 0.4) is 0 Å². The van der Waals surface area contributed by atoms with Crippen LogP contribution in [0.1, 0.15) is 29.9 Å². The number of nitrogens with zero attached hydrogens (tertiary/aromatic N) is 1. The SMILES string of the molecule is CN1CCC(C2c3ccc(Cl)cc3C=CC3=C(Cl)C=CNC32)CC1. The molecule has 4 heteroatoms. The number of hydrogen-bond donors (Lipinski definition) is 1. The van der Waals surface area contributed by atoms with E-state index in [9.17, 15) is 0 Å². The van der Waals surface area contributed by atoms with E-state index in [1.807, 2.05) is 18.3 Å². The number of hydrogen-bond acceptors (Lipinski definition) is 2. The molecular formula is C20H22Cl2N2. The van der Waals surface area contributed by atoms with Gasteiger partial charge >= 0.3 is 0 Å². The predicted octanol–water partition coefficient (Wildman–Crippen LogP) is 4.77. The molecule has 0 radical (unpaired) electrons. The van der Waals surface area contributed by atoms with Gasteiger partial charge in [-0.05, 0) is 80.0 Å². The third kappa shape index (κ3) is 2.92. The van der Waals surface area contributed by atoms with Crippen molar-refractivity contribution in [1.29, 1.82) is 0 Å². The average molecular weight is 361 g/mol. The van der Waals surface area contributed by atoms with Crippen LogP contribution in [-0.2, 0) is 0 Å². The fraction of sp³-hybridized carbons (Fsp3) is 0.400. The number of allylic oxidation sites excluding steroid dienone is 2. The van der Waals surface area contributed by atoms with E-state index in [1.165, 1.54) is 29.5 Å². The van der Waals surface area contributed by atoms with Crippen molar-refractivity contribution in [1.82, 2.24) is 10.2 Å². The molecule has 1 aromatic rings. The molecule has 2 atom stereocenters. The zero-order valence-corrected chi connectivity index (χ0v) is 15.3. The molecule has 2 heterocycles. The van der Waals surface area contributed by atoms with Gasteiger partial charge in [-0.15, -0.1) is 0 Å². The van der Waals surface area contributed by atoms with Gasteiger partial charge in [0.25, 0.3) is 0 Å². The topological polar surface area (TPSA) is 15.3 Å². The molecule has 0 spiro atoms. The normalized spacial score (nSPS) is 27.5. The summed E-state index contributed by atoms with van der Waals surface area (Å²) in [6.07, 6.45) is 10.7. The van der Waals surface area contributed by atoms with E-state index in [-0.39, 0.29) is 6.04 Å². The van der Waals surface area contributed by atoms with Crippen molar-refractivity contribution < 1.29 is 0 Å². The lowest BCUT2D eigenvalue weighted by molar-refractivity contribution is 0.188. The smallest absolute Gasteiger partial charge is 0.0594 e. The van der Waals surface area contributed by atoms with Crippen LogP contribution >= 0.6 is 23.2 Å². The van der Waals surface area contributed by atoms with Crippen molar-refractivity contribution in [3.8, 4) is 0 Å².